The van der Waals surface area contributed by atoms with Crippen LogP contribution in [-0.4, -0.2) is 101 Å². The van der Waals surface area contributed by atoms with Crippen molar-refractivity contribution in [3.05, 3.63) is 0 Å². The van der Waals surface area contributed by atoms with Gasteiger partial charge in [0.2, 0.25) is 0 Å². The molecule has 0 amide bonds. The van der Waals surface area contributed by atoms with E-state index in [1.54, 1.807) is 0 Å². The van der Waals surface area contributed by atoms with Crippen LogP contribution >= 0.6 is 0 Å². The summed E-state index contributed by atoms with van der Waals surface area (Å²) < 4.78 is 14.8. The number of fused-ring (bicyclic) bond motifs is 9. The molecule has 3 saturated heterocycles. The quantitative estimate of drug-likeness (QED) is 0.521. The molecule has 21 heavy (non-hydrogen) atoms. The van der Waals surface area contributed by atoms with Crippen LogP contribution in [0.5, 0.6) is 0 Å². The SMILES string of the molecule is O=C(O)CN1CCN2CC(=O)[O][In]([O]C(=O)C1)[O]C(=O)C2. The number of carboxylic acids is 1. The molecule has 0 atom stereocenters. The molecule has 0 unspecified atom stereocenters. The monoisotopic (exact) mass is 404 g/mol. The zero-order chi connectivity index (χ0) is 15.4. The van der Waals surface area contributed by atoms with Gasteiger partial charge in [0.15, 0.2) is 0 Å². The molecule has 3 heterocycles. The molecule has 0 saturated carbocycles. The Morgan fingerprint density at radius 1 is 1.00 bits per heavy atom. The van der Waals surface area contributed by atoms with Gasteiger partial charge in [-0.2, -0.15) is 0 Å². The van der Waals surface area contributed by atoms with Gasteiger partial charge in [-0.15, -0.1) is 0 Å². The van der Waals surface area contributed by atoms with Crippen LogP contribution in [0.1, 0.15) is 0 Å². The molecular weight excluding hydrogens is 391 g/mol. The van der Waals surface area contributed by atoms with Crippen molar-refractivity contribution in [1.82, 2.24) is 9.80 Å². The normalized spacial score (nSPS) is 21.9. The zero-order valence-corrected chi connectivity index (χ0v) is 14.3. The van der Waals surface area contributed by atoms with Crippen molar-refractivity contribution in [2.24, 2.45) is 0 Å². The van der Waals surface area contributed by atoms with Gasteiger partial charge in [0.05, 0.1) is 0 Å². The predicted octanol–water partition coefficient (Wildman–Crippen LogP) is -2.68. The fourth-order valence-electron chi connectivity index (χ4n) is 1.96. The summed E-state index contributed by atoms with van der Waals surface area (Å²) in [5.74, 6) is -3.06. The van der Waals surface area contributed by atoms with Crippen molar-refractivity contribution < 1.29 is 32.8 Å². The zero-order valence-electron chi connectivity index (χ0n) is 11.0. The summed E-state index contributed by atoms with van der Waals surface area (Å²) >= 11 is -3.98. The number of nitrogens with zero attached hydrogens (tertiary/aromatic N) is 2. The first-order valence-corrected chi connectivity index (χ1v) is 10.2. The Hall–Kier alpha value is -1.33. The average molecular weight is 404 g/mol. The minimum atomic E-state index is -3.98. The second kappa shape index (κ2) is 7.09. The van der Waals surface area contributed by atoms with Crippen LogP contribution in [0, 0.1) is 0 Å². The summed E-state index contributed by atoms with van der Waals surface area (Å²) in [4.78, 5) is 48.5. The van der Waals surface area contributed by atoms with Crippen LogP contribution < -0.4 is 0 Å². The standard InChI is InChI=1S/C10H16N2O8.In/c13-7(14)3-11(4-8(15)16)1-2-12(5-9(17)18)6-10(19)20;/h1-6H2,(H,13,14)(H,15,16)(H,17,18)(H,19,20);/q;+3/p-3. The van der Waals surface area contributed by atoms with Crippen molar-refractivity contribution in [2.45, 2.75) is 0 Å². The first-order chi connectivity index (χ1) is 9.92. The van der Waals surface area contributed by atoms with Crippen molar-refractivity contribution >= 4 is 46.6 Å². The van der Waals surface area contributed by atoms with Crippen LogP contribution in [0.3, 0.4) is 0 Å². The maximum absolute atomic E-state index is 11.7. The van der Waals surface area contributed by atoms with Gasteiger partial charge in [-0.05, 0) is 0 Å². The molecule has 0 aromatic heterocycles. The van der Waals surface area contributed by atoms with Gasteiger partial charge in [0, 0.05) is 0 Å². The molecule has 0 aliphatic carbocycles. The van der Waals surface area contributed by atoms with Crippen LogP contribution in [0.15, 0.2) is 0 Å². The summed E-state index contributed by atoms with van der Waals surface area (Å²) in [7, 11) is 0. The molecule has 1 N–H and O–H groups in total. The number of aliphatic carboxylic acids is 1. The van der Waals surface area contributed by atoms with Crippen LogP contribution in [0.25, 0.3) is 0 Å². The van der Waals surface area contributed by atoms with Crippen molar-refractivity contribution in [1.29, 1.82) is 0 Å². The second-order valence-corrected chi connectivity index (χ2v) is 8.24. The van der Waals surface area contributed by atoms with Crippen molar-refractivity contribution in [3.8, 4) is 0 Å². The topological polar surface area (TPSA) is 123 Å². The third-order valence-corrected chi connectivity index (χ3v) is 6.73. The molecule has 0 radical (unpaired) electrons. The fourth-order valence-corrected chi connectivity index (χ4v) is 4.84. The second-order valence-electron chi connectivity index (χ2n) is 4.57. The first-order valence-electron chi connectivity index (χ1n) is 6.17. The van der Waals surface area contributed by atoms with E-state index in [0.717, 1.165) is 0 Å². The Morgan fingerprint density at radius 2 is 1.52 bits per heavy atom. The molecule has 3 aliphatic heterocycles. The van der Waals surface area contributed by atoms with Gasteiger partial charge in [-0.25, -0.2) is 0 Å². The van der Waals surface area contributed by atoms with Crippen molar-refractivity contribution in [3.63, 3.8) is 0 Å². The maximum atomic E-state index is 11.7. The molecule has 11 heteroatoms. The molecule has 0 aromatic rings. The molecule has 3 aliphatic rings. The Bertz CT molecular complexity index is 450. The predicted molar refractivity (Wildman–Crippen MR) is 64.5 cm³/mol. The van der Waals surface area contributed by atoms with E-state index in [0.29, 0.717) is 0 Å². The van der Waals surface area contributed by atoms with Gasteiger partial charge in [-0.3, -0.25) is 0 Å². The van der Waals surface area contributed by atoms with Gasteiger partial charge in [-0.1, -0.05) is 0 Å². The molecule has 10 nitrogen and oxygen atoms in total. The summed E-state index contributed by atoms with van der Waals surface area (Å²) in [6, 6.07) is 0. The third-order valence-electron chi connectivity index (χ3n) is 2.83. The van der Waals surface area contributed by atoms with E-state index in [9.17, 15) is 19.2 Å². The van der Waals surface area contributed by atoms with Crippen molar-refractivity contribution in [2.75, 3.05) is 39.3 Å². The summed E-state index contributed by atoms with van der Waals surface area (Å²) in [6.07, 6.45) is 0. The summed E-state index contributed by atoms with van der Waals surface area (Å²) in [5, 5.41) is 8.82. The molecular formula is C10H13InN2O8. The van der Waals surface area contributed by atoms with E-state index >= 15 is 0 Å². The van der Waals surface area contributed by atoms with Crippen LogP contribution in [-0.2, 0) is 27.7 Å². The van der Waals surface area contributed by atoms with Crippen LogP contribution in [0.4, 0.5) is 0 Å². The molecule has 3 rings (SSSR count). The van der Waals surface area contributed by atoms with E-state index in [-0.39, 0.29) is 39.3 Å². The number of rotatable bonds is 2. The molecule has 0 aromatic carbocycles. The van der Waals surface area contributed by atoms with E-state index in [1.165, 1.54) is 9.80 Å². The van der Waals surface area contributed by atoms with Crippen LogP contribution in [0.2, 0.25) is 0 Å². The number of carbonyl (C=O) groups excluding carboxylic acids is 3. The third kappa shape index (κ3) is 5.17. The fraction of sp³-hybridized carbons (Fsp3) is 0.600. The number of carbonyl (C=O) groups is 4. The van der Waals surface area contributed by atoms with E-state index in [4.69, 9.17) is 13.7 Å². The Morgan fingerprint density at radius 3 is 2.05 bits per heavy atom. The van der Waals surface area contributed by atoms with E-state index < -0.39 is 46.6 Å². The van der Waals surface area contributed by atoms with Gasteiger partial charge < -0.3 is 0 Å². The van der Waals surface area contributed by atoms with Gasteiger partial charge in [0.25, 0.3) is 0 Å². The number of hydrogen-bond acceptors (Lipinski definition) is 9. The molecule has 114 valence electrons. The number of hydrogen-bond donors (Lipinski definition) is 1. The molecule has 0 spiro atoms. The summed E-state index contributed by atoms with van der Waals surface area (Å²) in [6.45, 7) is -0.426. The van der Waals surface area contributed by atoms with E-state index in [1.807, 2.05) is 0 Å². The Balaban J connectivity index is 2.17. The summed E-state index contributed by atoms with van der Waals surface area (Å²) in [5.41, 5.74) is 0. The average Bonchev–Trinajstić information content (AvgIpc) is 2.35. The Kier molecular flexibility index (Phi) is 5.42. The van der Waals surface area contributed by atoms with Gasteiger partial charge >= 0.3 is 129 Å². The minimum absolute atomic E-state index is 0.124. The van der Waals surface area contributed by atoms with E-state index in [2.05, 4.69) is 0 Å². The first kappa shape index (κ1) is 16.0. The molecule has 3 fully saturated rings. The Labute approximate surface area is 128 Å². The molecule has 2 bridgehead atoms. The number of carboxylic acid groups (broad SMARTS) is 1. The van der Waals surface area contributed by atoms with Gasteiger partial charge in [0.1, 0.15) is 0 Å².